The second-order valence-electron chi connectivity index (χ2n) is 4.01. The van der Waals surface area contributed by atoms with Crippen LogP contribution in [-0.2, 0) is 13.0 Å². The third-order valence-corrected chi connectivity index (χ3v) is 3.61. The molecule has 0 fully saturated rings. The highest BCUT2D eigenvalue weighted by Crippen LogP contribution is 2.17. The number of unbranched alkanes of at least 4 members (excludes halogenated alkanes) is 3. The van der Waals surface area contributed by atoms with Crippen LogP contribution < -0.4 is 5.32 Å². The highest BCUT2D eigenvalue weighted by Gasteiger charge is 1.99. The van der Waals surface area contributed by atoms with Gasteiger partial charge in [-0.25, -0.2) is 0 Å². The van der Waals surface area contributed by atoms with Gasteiger partial charge in [0.2, 0.25) is 0 Å². The lowest BCUT2D eigenvalue weighted by Gasteiger charge is -1.97. The lowest BCUT2D eigenvalue weighted by Crippen LogP contribution is -2.10. The molecular weight excluding hydrogens is 202 g/mol. The predicted molar refractivity (Wildman–Crippen MR) is 69.5 cm³/mol. The fraction of sp³-hybridized carbons (Fsp3) is 0.692. The summed E-state index contributed by atoms with van der Waals surface area (Å²) in [6.45, 7) is 6.50. The lowest BCUT2D eigenvalue weighted by molar-refractivity contribution is 0.669. The minimum Gasteiger partial charge on any atom is -0.313 e. The van der Waals surface area contributed by atoms with Gasteiger partial charge in [0.1, 0.15) is 0 Å². The van der Waals surface area contributed by atoms with E-state index in [1.165, 1.54) is 37.7 Å². The molecule has 0 saturated heterocycles. The van der Waals surface area contributed by atoms with Gasteiger partial charge in [0.15, 0.2) is 0 Å². The third kappa shape index (κ3) is 5.33. The molecule has 1 heterocycles. The maximum atomic E-state index is 3.36. The molecule has 0 radical (unpaired) electrons. The van der Waals surface area contributed by atoms with E-state index in [2.05, 4.69) is 30.6 Å². The largest absolute Gasteiger partial charge is 0.313 e. The average Bonchev–Trinajstić information content (AvgIpc) is 2.69. The number of aryl methyl sites for hydroxylation is 1. The molecule has 0 spiro atoms. The van der Waals surface area contributed by atoms with Gasteiger partial charge in [-0.3, -0.25) is 0 Å². The first-order valence-corrected chi connectivity index (χ1v) is 7.01. The molecule has 86 valence electrons. The van der Waals surface area contributed by atoms with Gasteiger partial charge >= 0.3 is 0 Å². The lowest BCUT2D eigenvalue weighted by atomic mass is 10.1. The summed E-state index contributed by atoms with van der Waals surface area (Å²) in [5.41, 5.74) is 1.45. The molecule has 0 aliphatic rings. The van der Waals surface area contributed by atoms with Crippen LogP contribution in [0.3, 0.4) is 0 Å². The van der Waals surface area contributed by atoms with Crippen molar-refractivity contribution in [2.24, 2.45) is 0 Å². The predicted octanol–water partition coefficient (Wildman–Crippen LogP) is 3.98. The van der Waals surface area contributed by atoms with Crippen molar-refractivity contribution in [1.82, 2.24) is 5.32 Å². The Bertz CT molecular complexity index is 255. The summed E-state index contributed by atoms with van der Waals surface area (Å²) in [5, 5.41) is 5.65. The topological polar surface area (TPSA) is 12.0 Å². The van der Waals surface area contributed by atoms with Gasteiger partial charge in [0.25, 0.3) is 0 Å². The van der Waals surface area contributed by atoms with Gasteiger partial charge in [0.05, 0.1) is 0 Å². The normalized spacial score (nSPS) is 10.8. The SMILES string of the molecule is CCCCCCc1cc(CNCC)cs1. The molecule has 0 aliphatic carbocycles. The van der Waals surface area contributed by atoms with Crippen molar-refractivity contribution in [3.05, 3.63) is 21.9 Å². The first-order valence-electron chi connectivity index (χ1n) is 6.13. The molecule has 1 aromatic heterocycles. The van der Waals surface area contributed by atoms with Crippen LogP contribution in [-0.4, -0.2) is 6.54 Å². The Balaban J connectivity index is 2.20. The summed E-state index contributed by atoms with van der Waals surface area (Å²) in [5.74, 6) is 0. The molecule has 1 rings (SSSR count). The fourth-order valence-electron chi connectivity index (χ4n) is 1.65. The van der Waals surface area contributed by atoms with Crippen molar-refractivity contribution >= 4 is 11.3 Å². The van der Waals surface area contributed by atoms with Gasteiger partial charge in [-0.05, 0) is 36.4 Å². The molecule has 1 N–H and O–H groups in total. The molecule has 2 heteroatoms. The van der Waals surface area contributed by atoms with Crippen LogP contribution in [0.1, 0.15) is 50.0 Å². The zero-order chi connectivity index (χ0) is 10.9. The highest BCUT2D eigenvalue weighted by atomic mass is 32.1. The Kier molecular flexibility index (Phi) is 6.69. The average molecular weight is 225 g/mol. The van der Waals surface area contributed by atoms with E-state index in [9.17, 15) is 0 Å². The molecule has 0 aliphatic heterocycles. The van der Waals surface area contributed by atoms with E-state index in [-0.39, 0.29) is 0 Å². The number of hydrogen-bond donors (Lipinski definition) is 1. The minimum absolute atomic E-state index is 1.03. The van der Waals surface area contributed by atoms with E-state index in [1.807, 2.05) is 11.3 Å². The molecule has 0 atom stereocenters. The number of hydrogen-bond acceptors (Lipinski definition) is 2. The maximum Gasteiger partial charge on any atom is 0.0213 e. The third-order valence-electron chi connectivity index (χ3n) is 2.56. The van der Waals surface area contributed by atoms with Gasteiger partial charge in [-0.2, -0.15) is 0 Å². The van der Waals surface area contributed by atoms with Crippen molar-refractivity contribution in [2.75, 3.05) is 6.54 Å². The van der Waals surface area contributed by atoms with Gasteiger partial charge in [-0.15, -0.1) is 11.3 Å². The summed E-state index contributed by atoms with van der Waals surface area (Å²) < 4.78 is 0. The van der Waals surface area contributed by atoms with Crippen molar-refractivity contribution in [2.45, 2.75) is 52.5 Å². The summed E-state index contributed by atoms with van der Waals surface area (Å²) in [6.07, 6.45) is 6.73. The van der Waals surface area contributed by atoms with Crippen molar-refractivity contribution in [3.8, 4) is 0 Å². The Morgan fingerprint density at radius 2 is 2.07 bits per heavy atom. The quantitative estimate of drug-likeness (QED) is 0.660. The van der Waals surface area contributed by atoms with Crippen LogP contribution >= 0.6 is 11.3 Å². The van der Waals surface area contributed by atoms with Crippen LogP contribution in [0.25, 0.3) is 0 Å². The fourth-order valence-corrected chi connectivity index (χ4v) is 2.58. The van der Waals surface area contributed by atoms with E-state index in [0.717, 1.165) is 13.1 Å². The van der Waals surface area contributed by atoms with E-state index in [1.54, 1.807) is 4.88 Å². The van der Waals surface area contributed by atoms with Gasteiger partial charge < -0.3 is 5.32 Å². The van der Waals surface area contributed by atoms with Crippen LogP contribution in [0, 0.1) is 0 Å². The Labute approximate surface area is 97.9 Å². The van der Waals surface area contributed by atoms with E-state index in [4.69, 9.17) is 0 Å². The molecule has 0 unspecified atom stereocenters. The molecular formula is C13H23NS. The molecule has 0 saturated carbocycles. The number of thiophene rings is 1. The first kappa shape index (κ1) is 12.7. The standard InChI is InChI=1S/C13H23NS/c1-3-5-6-7-8-13-9-12(11-15-13)10-14-4-2/h9,11,14H,3-8,10H2,1-2H3. The minimum atomic E-state index is 1.03. The molecule has 0 amide bonds. The number of nitrogens with one attached hydrogen (secondary N) is 1. The zero-order valence-electron chi connectivity index (χ0n) is 10.0. The van der Waals surface area contributed by atoms with Crippen molar-refractivity contribution in [3.63, 3.8) is 0 Å². The van der Waals surface area contributed by atoms with Crippen LogP contribution in [0.2, 0.25) is 0 Å². The Morgan fingerprint density at radius 1 is 1.20 bits per heavy atom. The van der Waals surface area contributed by atoms with Crippen molar-refractivity contribution < 1.29 is 0 Å². The molecule has 1 aromatic rings. The second-order valence-corrected chi connectivity index (χ2v) is 5.01. The Hall–Kier alpha value is -0.340. The van der Waals surface area contributed by atoms with Crippen LogP contribution in [0.15, 0.2) is 11.4 Å². The molecule has 1 nitrogen and oxygen atoms in total. The van der Waals surface area contributed by atoms with E-state index >= 15 is 0 Å². The molecule has 0 aromatic carbocycles. The first-order chi connectivity index (χ1) is 7.36. The van der Waals surface area contributed by atoms with Crippen LogP contribution in [0.4, 0.5) is 0 Å². The summed E-state index contributed by atoms with van der Waals surface area (Å²) >= 11 is 1.92. The van der Waals surface area contributed by atoms with Gasteiger partial charge in [0, 0.05) is 11.4 Å². The van der Waals surface area contributed by atoms with Gasteiger partial charge in [-0.1, -0.05) is 33.1 Å². The summed E-state index contributed by atoms with van der Waals surface area (Å²) in [7, 11) is 0. The maximum absolute atomic E-state index is 3.36. The Morgan fingerprint density at radius 3 is 2.80 bits per heavy atom. The highest BCUT2D eigenvalue weighted by molar-refractivity contribution is 7.10. The number of rotatable bonds is 8. The summed E-state index contributed by atoms with van der Waals surface area (Å²) in [4.78, 5) is 1.55. The molecule has 15 heavy (non-hydrogen) atoms. The smallest absolute Gasteiger partial charge is 0.0213 e. The second kappa shape index (κ2) is 7.89. The molecule has 0 bridgehead atoms. The summed E-state index contributed by atoms with van der Waals surface area (Å²) in [6, 6.07) is 2.36. The zero-order valence-corrected chi connectivity index (χ0v) is 10.8. The van der Waals surface area contributed by atoms with E-state index < -0.39 is 0 Å². The van der Waals surface area contributed by atoms with Crippen LogP contribution in [0.5, 0.6) is 0 Å². The monoisotopic (exact) mass is 225 g/mol. The van der Waals surface area contributed by atoms with E-state index in [0.29, 0.717) is 0 Å². The van der Waals surface area contributed by atoms with Crippen molar-refractivity contribution in [1.29, 1.82) is 0 Å².